The van der Waals surface area contributed by atoms with Gasteiger partial charge in [0.05, 0.1) is 20.3 Å². The molecule has 1 rings (SSSR count). The quantitative estimate of drug-likeness (QED) is 0.797. The van der Waals surface area contributed by atoms with Crippen LogP contribution in [-0.4, -0.2) is 26.2 Å². The first-order valence-corrected chi connectivity index (χ1v) is 6.77. The zero-order chi connectivity index (χ0) is 15.1. The van der Waals surface area contributed by atoms with E-state index >= 15 is 0 Å². The number of hydrogen-bond acceptors (Lipinski definition) is 4. The summed E-state index contributed by atoms with van der Waals surface area (Å²) in [4.78, 5) is 11.9. The lowest BCUT2D eigenvalue weighted by atomic mass is 9.99. The summed E-state index contributed by atoms with van der Waals surface area (Å²) in [6.45, 7) is 4.37. The molecule has 20 heavy (non-hydrogen) atoms. The Kier molecular flexibility index (Phi) is 6.31. The van der Waals surface area contributed by atoms with Crippen LogP contribution in [0.25, 0.3) is 0 Å². The minimum Gasteiger partial charge on any atom is -0.497 e. The molecule has 0 saturated heterocycles. The van der Waals surface area contributed by atoms with Crippen molar-refractivity contribution in [3.8, 4) is 11.5 Å². The number of rotatable bonds is 7. The average Bonchev–Trinajstić information content (AvgIpc) is 2.50. The molecule has 0 bridgehead atoms. The van der Waals surface area contributed by atoms with Gasteiger partial charge in [0, 0.05) is 18.2 Å². The summed E-state index contributed by atoms with van der Waals surface area (Å²) in [6, 6.07) is 5.01. The molecule has 3 N–H and O–H groups in total. The third-order valence-corrected chi connectivity index (χ3v) is 3.51. The normalized spacial score (nSPS) is 13.4. The summed E-state index contributed by atoms with van der Waals surface area (Å²) in [5.74, 6) is 1.42. The fourth-order valence-electron chi connectivity index (χ4n) is 1.81. The van der Waals surface area contributed by atoms with Crippen molar-refractivity contribution in [2.45, 2.75) is 32.9 Å². The molecular weight excluding hydrogens is 256 g/mol. The fourth-order valence-corrected chi connectivity index (χ4v) is 1.81. The minimum atomic E-state index is -0.482. The SMILES string of the molecule is CCC(C)[C@H](N)C(=O)NCc1ccc(OC)cc1OC. The van der Waals surface area contributed by atoms with E-state index in [4.69, 9.17) is 15.2 Å². The minimum absolute atomic E-state index is 0.141. The molecule has 0 heterocycles. The maximum Gasteiger partial charge on any atom is 0.237 e. The van der Waals surface area contributed by atoms with Gasteiger partial charge in [0.25, 0.3) is 0 Å². The van der Waals surface area contributed by atoms with Gasteiger partial charge in [-0.2, -0.15) is 0 Å². The maximum absolute atomic E-state index is 11.9. The monoisotopic (exact) mass is 280 g/mol. The highest BCUT2D eigenvalue weighted by Crippen LogP contribution is 2.24. The third kappa shape index (κ3) is 4.13. The molecule has 0 aliphatic rings. The van der Waals surface area contributed by atoms with Crippen LogP contribution < -0.4 is 20.5 Å². The topological polar surface area (TPSA) is 73.6 Å². The highest BCUT2D eigenvalue weighted by Gasteiger charge is 2.19. The molecule has 0 aliphatic heterocycles. The van der Waals surface area contributed by atoms with Crippen LogP contribution in [0.5, 0.6) is 11.5 Å². The van der Waals surface area contributed by atoms with Crippen LogP contribution >= 0.6 is 0 Å². The molecule has 0 fully saturated rings. The molecule has 1 amide bonds. The molecule has 1 unspecified atom stereocenters. The molecular formula is C15H24N2O3. The standard InChI is InChI=1S/C15H24N2O3/c1-5-10(2)14(16)15(18)17-9-11-6-7-12(19-3)8-13(11)20-4/h6-8,10,14H,5,9,16H2,1-4H3,(H,17,18)/t10?,14-/m0/s1. The van der Waals surface area contributed by atoms with Crippen LogP contribution in [0.4, 0.5) is 0 Å². The first-order valence-electron chi connectivity index (χ1n) is 6.77. The lowest BCUT2D eigenvalue weighted by Gasteiger charge is -2.18. The summed E-state index contributed by atoms with van der Waals surface area (Å²) >= 11 is 0. The average molecular weight is 280 g/mol. The zero-order valence-corrected chi connectivity index (χ0v) is 12.6. The van der Waals surface area contributed by atoms with Crippen LogP contribution in [0.1, 0.15) is 25.8 Å². The lowest BCUT2D eigenvalue weighted by molar-refractivity contribution is -0.123. The molecule has 0 aliphatic carbocycles. The van der Waals surface area contributed by atoms with Crippen LogP contribution in [-0.2, 0) is 11.3 Å². The van der Waals surface area contributed by atoms with Gasteiger partial charge >= 0.3 is 0 Å². The van der Waals surface area contributed by atoms with E-state index in [9.17, 15) is 4.79 Å². The highest BCUT2D eigenvalue weighted by molar-refractivity contribution is 5.81. The van der Waals surface area contributed by atoms with Crippen molar-refractivity contribution in [2.24, 2.45) is 11.7 Å². The van der Waals surface area contributed by atoms with E-state index in [1.165, 1.54) is 0 Å². The number of amides is 1. The van der Waals surface area contributed by atoms with E-state index in [2.05, 4.69) is 5.32 Å². The molecule has 112 valence electrons. The van der Waals surface area contributed by atoms with Crippen molar-refractivity contribution >= 4 is 5.91 Å². The van der Waals surface area contributed by atoms with Crippen LogP contribution in [0.2, 0.25) is 0 Å². The Morgan fingerprint density at radius 1 is 1.35 bits per heavy atom. The van der Waals surface area contributed by atoms with E-state index in [-0.39, 0.29) is 11.8 Å². The van der Waals surface area contributed by atoms with Gasteiger partial charge in [-0.15, -0.1) is 0 Å². The number of nitrogens with two attached hydrogens (primary N) is 1. The number of carbonyl (C=O) groups is 1. The first kappa shape index (κ1) is 16.3. The van der Waals surface area contributed by atoms with Gasteiger partial charge in [0.15, 0.2) is 0 Å². The Labute approximate surface area is 120 Å². The summed E-state index contributed by atoms with van der Waals surface area (Å²) in [5, 5.41) is 2.84. The molecule has 2 atom stereocenters. The summed E-state index contributed by atoms with van der Waals surface area (Å²) in [6.07, 6.45) is 0.875. The Morgan fingerprint density at radius 2 is 2.05 bits per heavy atom. The fraction of sp³-hybridized carbons (Fsp3) is 0.533. The van der Waals surface area contributed by atoms with Crippen LogP contribution in [0, 0.1) is 5.92 Å². The highest BCUT2D eigenvalue weighted by atomic mass is 16.5. The summed E-state index contributed by atoms with van der Waals surface area (Å²) in [7, 11) is 3.19. The Bertz CT molecular complexity index is 449. The maximum atomic E-state index is 11.9. The van der Waals surface area contributed by atoms with Crippen molar-refractivity contribution < 1.29 is 14.3 Å². The second-order valence-electron chi connectivity index (χ2n) is 4.81. The smallest absolute Gasteiger partial charge is 0.237 e. The third-order valence-electron chi connectivity index (χ3n) is 3.51. The van der Waals surface area contributed by atoms with E-state index < -0.39 is 6.04 Å². The molecule has 1 aromatic carbocycles. The van der Waals surface area contributed by atoms with Crippen molar-refractivity contribution in [1.82, 2.24) is 5.32 Å². The second-order valence-corrected chi connectivity index (χ2v) is 4.81. The molecule has 1 aromatic rings. The van der Waals surface area contributed by atoms with Crippen molar-refractivity contribution in [1.29, 1.82) is 0 Å². The Morgan fingerprint density at radius 3 is 2.60 bits per heavy atom. The first-order chi connectivity index (χ1) is 9.53. The number of hydrogen-bond donors (Lipinski definition) is 2. The Hall–Kier alpha value is -1.75. The van der Waals surface area contributed by atoms with Gasteiger partial charge in [-0.05, 0) is 18.1 Å². The number of ether oxygens (including phenoxy) is 2. The van der Waals surface area contributed by atoms with E-state index in [0.29, 0.717) is 18.0 Å². The molecule has 0 aromatic heterocycles. The number of benzene rings is 1. The molecule has 0 saturated carbocycles. The summed E-state index contributed by atoms with van der Waals surface area (Å²) < 4.78 is 10.4. The zero-order valence-electron chi connectivity index (χ0n) is 12.6. The lowest BCUT2D eigenvalue weighted by Crippen LogP contribution is -2.44. The molecule has 5 heteroatoms. The van der Waals surface area contributed by atoms with Gasteiger partial charge in [0.1, 0.15) is 11.5 Å². The predicted molar refractivity (Wildman–Crippen MR) is 78.8 cm³/mol. The number of methoxy groups -OCH3 is 2. The van der Waals surface area contributed by atoms with Gasteiger partial charge in [-0.1, -0.05) is 20.3 Å². The van der Waals surface area contributed by atoms with Gasteiger partial charge in [0.2, 0.25) is 5.91 Å². The van der Waals surface area contributed by atoms with E-state index in [1.807, 2.05) is 26.0 Å². The number of nitrogens with one attached hydrogen (secondary N) is 1. The van der Waals surface area contributed by atoms with Crippen molar-refractivity contribution in [3.63, 3.8) is 0 Å². The van der Waals surface area contributed by atoms with Crippen molar-refractivity contribution in [2.75, 3.05) is 14.2 Å². The summed E-state index contributed by atoms with van der Waals surface area (Å²) in [5.41, 5.74) is 6.78. The molecule has 0 radical (unpaired) electrons. The van der Waals surface area contributed by atoms with Crippen LogP contribution in [0.3, 0.4) is 0 Å². The predicted octanol–water partition coefficient (Wildman–Crippen LogP) is 1.69. The molecule has 5 nitrogen and oxygen atoms in total. The second kappa shape index (κ2) is 7.75. The van der Waals surface area contributed by atoms with Crippen LogP contribution in [0.15, 0.2) is 18.2 Å². The van der Waals surface area contributed by atoms with Crippen molar-refractivity contribution in [3.05, 3.63) is 23.8 Å². The van der Waals surface area contributed by atoms with Gasteiger partial charge in [-0.3, -0.25) is 4.79 Å². The van der Waals surface area contributed by atoms with E-state index in [0.717, 1.165) is 12.0 Å². The van der Waals surface area contributed by atoms with Gasteiger partial charge in [-0.25, -0.2) is 0 Å². The van der Waals surface area contributed by atoms with Gasteiger partial charge < -0.3 is 20.5 Å². The Balaban J connectivity index is 2.68. The largest absolute Gasteiger partial charge is 0.497 e. The number of carbonyl (C=O) groups excluding carboxylic acids is 1. The molecule has 0 spiro atoms. The van der Waals surface area contributed by atoms with E-state index in [1.54, 1.807) is 20.3 Å².